The highest BCUT2D eigenvalue weighted by Gasteiger charge is 2.27. The smallest absolute Gasteiger partial charge is 0.157 e. The third-order valence-corrected chi connectivity index (χ3v) is 5.33. The van der Waals surface area contributed by atoms with E-state index in [1.54, 1.807) is 0 Å². The second-order valence-electron chi connectivity index (χ2n) is 7.15. The fourth-order valence-electron chi connectivity index (χ4n) is 4.21. The second-order valence-corrected chi connectivity index (χ2v) is 7.51. The molecule has 3 nitrogen and oxygen atoms in total. The Morgan fingerprint density at radius 3 is 2.40 bits per heavy atom. The van der Waals surface area contributed by atoms with Crippen molar-refractivity contribution in [2.75, 3.05) is 0 Å². The van der Waals surface area contributed by atoms with E-state index in [1.165, 1.54) is 33.5 Å². The highest BCUT2D eigenvalue weighted by molar-refractivity contribution is 6.34. The maximum atomic E-state index is 6.57. The average Bonchev–Trinajstić information content (AvgIpc) is 2.82. The summed E-state index contributed by atoms with van der Waals surface area (Å²) >= 11 is 6.57. The molecule has 0 radical (unpaired) electrons. The van der Waals surface area contributed by atoms with E-state index in [-0.39, 0.29) is 0 Å². The van der Waals surface area contributed by atoms with Gasteiger partial charge in [-0.2, -0.15) is 0 Å². The third kappa shape index (κ3) is 2.41. The summed E-state index contributed by atoms with van der Waals surface area (Å²) < 4.78 is 2.31. The zero-order chi connectivity index (χ0) is 17.9. The minimum atomic E-state index is 0.339. The molecule has 0 bridgehead atoms. The van der Waals surface area contributed by atoms with Crippen molar-refractivity contribution in [3.05, 3.63) is 51.6 Å². The van der Waals surface area contributed by atoms with E-state index in [2.05, 4.69) is 61.5 Å². The number of allylic oxidation sites excluding steroid dienone is 1. The fraction of sp³-hybridized carbons (Fsp3) is 0.333. The molecule has 4 heteroatoms. The number of fused-ring (bicyclic) bond motifs is 3. The first-order valence-electron chi connectivity index (χ1n) is 8.71. The van der Waals surface area contributed by atoms with E-state index >= 15 is 0 Å². The van der Waals surface area contributed by atoms with Crippen LogP contribution in [0.1, 0.15) is 47.6 Å². The Kier molecular flexibility index (Phi) is 3.73. The molecule has 0 N–H and O–H groups in total. The molecule has 1 unspecified atom stereocenters. The Labute approximate surface area is 153 Å². The topological polar surface area (TPSA) is 30.7 Å². The van der Waals surface area contributed by atoms with Gasteiger partial charge in [-0.1, -0.05) is 35.4 Å². The number of aryl methyl sites for hydroxylation is 4. The maximum Gasteiger partial charge on any atom is 0.157 e. The zero-order valence-electron chi connectivity index (χ0n) is 15.3. The molecule has 2 aromatic heterocycles. The number of aromatic nitrogens is 3. The van der Waals surface area contributed by atoms with E-state index in [0.29, 0.717) is 17.0 Å². The average molecular weight is 352 g/mol. The van der Waals surface area contributed by atoms with Crippen molar-refractivity contribution in [2.45, 2.75) is 47.1 Å². The largest absolute Gasteiger partial charge is 0.333 e. The van der Waals surface area contributed by atoms with E-state index in [9.17, 15) is 0 Å². The quantitative estimate of drug-likeness (QED) is 0.506. The van der Waals surface area contributed by atoms with Crippen LogP contribution in [0.15, 0.2) is 18.2 Å². The Hall–Kier alpha value is -2.13. The van der Waals surface area contributed by atoms with Gasteiger partial charge in [-0.3, -0.25) is 0 Å². The summed E-state index contributed by atoms with van der Waals surface area (Å²) in [6, 6.07) is 4.82. The van der Waals surface area contributed by atoms with Crippen LogP contribution in [0.3, 0.4) is 0 Å². The van der Waals surface area contributed by atoms with Crippen LogP contribution in [0.5, 0.6) is 0 Å². The molecule has 0 spiro atoms. The van der Waals surface area contributed by atoms with Gasteiger partial charge in [-0.25, -0.2) is 9.97 Å². The molecule has 4 rings (SSSR count). The van der Waals surface area contributed by atoms with Crippen LogP contribution in [-0.2, 0) is 0 Å². The lowest BCUT2D eigenvalue weighted by molar-refractivity contribution is 0.561. The van der Waals surface area contributed by atoms with Gasteiger partial charge in [0, 0.05) is 11.6 Å². The van der Waals surface area contributed by atoms with Crippen molar-refractivity contribution in [3.8, 4) is 11.1 Å². The van der Waals surface area contributed by atoms with Gasteiger partial charge in [0.25, 0.3) is 0 Å². The molecule has 1 atom stereocenters. The predicted octanol–water partition coefficient (Wildman–Crippen LogP) is 5.96. The summed E-state index contributed by atoms with van der Waals surface area (Å²) in [5.74, 6) is 0.709. The number of hydrogen-bond donors (Lipinski definition) is 0. The van der Waals surface area contributed by atoms with Crippen molar-refractivity contribution in [1.82, 2.24) is 14.5 Å². The molecule has 1 aliphatic heterocycles. The van der Waals surface area contributed by atoms with Crippen LogP contribution >= 0.6 is 11.6 Å². The van der Waals surface area contributed by atoms with Gasteiger partial charge in [0.2, 0.25) is 0 Å². The van der Waals surface area contributed by atoms with Crippen molar-refractivity contribution < 1.29 is 0 Å². The molecule has 128 valence electrons. The molecule has 3 heterocycles. The van der Waals surface area contributed by atoms with Gasteiger partial charge < -0.3 is 4.57 Å². The van der Waals surface area contributed by atoms with Crippen LogP contribution in [0, 0.1) is 27.7 Å². The molecule has 3 aromatic rings. The first-order chi connectivity index (χ1) is 11.9. The summed E-state index contributed by atoms with van der Waals surface area (Å²) in [4.78, 5) is 9.23. The molecule has 1 aromatic carbocycles. The van der Waals surface area contributed by atoms with Gasteiger partial charge in [0.15, 0.2) is 5.15 Å². The lowest BCUT2D eigenvalue weighted by atomic mass is 9.92. The SMILES string of the molecule is Cc1cc(C)c(-c2c3n(c4c(Cl)nc(C)nc24)C(C)CC=C3)c(C)c1. The Morgan fingerprint density at radius 1 is 1.04 bits per heavy atom. The number of rotatable bonds is 1. The summed E-state index contributed by atoms with van der Waals surface area (Å²) in [6.45, 7) is 10.6. The number of benzene rings is 1. The minimum absolute atomic E-state index is 0.339. The van der Waals surface area contributed by atoms with E-state index in [4.69, 9.17) is 16.6 Å². The first-order valence-corrected chi connectivity index (χ1v) is 9.09. The molecule has 0 saturated carbocycles. The predicted molar refractivity (Wildman–Crippen MR) is 105 cm³/mol. The fourth-order valence-corrected chi connectivity index (χ4v) is 4.51. The number of halogens is 1. The van der Waals surface area contributed by atoms with Gasteiger partial charge in [-0.05, 0) is 63.8 Å². The van der Waals surface area contributed by atoms with E-state index in [1.807, 2.05) is 6.92 Å². The van der Waals surface area contributed by atoms with Crippen molar-refractivity contribution in [1.29, 1.82) is 0 Å². The van der Waals surface area contributed by atoms with Gasteiger partial charge >= 0.3 is 0 Å². The van der Waals surface area contributed by atoms with E-state index in [0.717, 1.165) is 17.5 Å². The van der Waals surface area contributed by atoms with Crippen LogP contribution in [0.25, 0.3) is 28.2 Å². The molecular formula is C21H22ClN3. The minimum Gasteiger partial charge on any atom is -0.333 e. The molecule has 0 fully saturated rings. The molecular weight excluding hydrogens is 330 g/mol. The number of hydrogen-bond acceptors (Lipinski definition) is 2. The molecule has 25 heavy (non-hydrogen) atoms. The highest BCUT2D eigenvalue weighted by Crippen LogP contribution is 2.43. The first kappa shape index (κ1) is 16.3. The molecule has 0 aliphatic carbocycles. The lowest BCUT2D eigenvalue weighted by Crippen LogP contribution is -2.10. The summed E-state index contributed by atoms with van der Waals surface area (Å²) in [5.41, 5.74) is 9.36. The summed E-state index contributed by atoms with van der Waals surface area (Å²) in [6.07, 6.45) is 5.45. The van der Waals surface area contributed by atoms with E-state index < -0.39 is 0 Å². The van der Waals surface area contributed by atoms with Crippen LogP contribution < -0.4 is 0 Å². The third-order valence-electron chi connectivity index (χ3n) is 5.07. The molecule has 1 aliphatic rings. The van der Waals surface area contributed by atoms with Crippen LogP contribution in [0.2, 0.25) is 5.15 Å². The van der Waals surface area contributed by atoms with Crippen molar-refractivity contribution in [2.24, 2.45) is 0 Å². The molecule has 0 amide bonds. The zero-order valence-corrected chi connectivity index (χ0v) is 16.1. The highest BCUT2D eigenvalue weighted by atomic mass is 35.5. The molecule has 0 saturated heterocycles. The normalized spacial score (nSPS) is 16.5. The van der Waals surface area contributed by atoms with Gasteiger partial charge in [0.1, 0.15) is 16.9 Å². The summed E-state index contributed by atoms with van der Waals surface area (Å²) in [7, 11) is 0. The second kappa shape index (κ2) is 5.70. The van der Waals surface area contributed by atoms with Gasteiger partial charge in [-0.15, -0.1) is 0 Å². The van der Waals surface area contributed by atoms with Crippen LogP contribution in [0.4, 0.5) is 0 Å². The van der Waals surface area contributed by atoms with Crippen molar-refractivity contribution >= 4 is 28.7 Å². The van der Waals surface area contributed by atoms with Crippen molar-refractivity contribution in [3.63, 3.8) is 0 Å². The Bertz CT molecular complexity index is 1020. The Balaban J connectivity index is 2.21. The number of nitrogens with zero attached hydrogens (tertiary/aromatic N) is 3. The standard InChI is InChI=1S/C21H22ClN3/c1-11-9-12(2)17(13(3)10-11)18-16-8-6-7-14(4)25(16)20-19(18)23-15(5)24-21(20)22/h6,8-10,14H,7H2,1-5H3. The summed E-state index contributed by atoms with van der Waals surface area (Å²) in [5, 5.41) is 0.541. The Morgan fingerprint density at radius 2 is 1.72 bits per heavy atom. The van der Waals surface area contributed by atoms with Gasteiger partial charge in [0.05, 0.1) is 5.69 Å². The lowest BCUT2D eigenvalue weighted by Gasteiger charge is -2.21. The monoisotopic (exact) mass is 351 g/mol. The van der Waals surface area contributed by atoms with Crippen LogP contribution in [-0.4, -0.2) is 14.5 Å². The maximum absolute atomic E-state index is 6.57.